The van der Waals surface area contributed by atoms with E-state index in [1.807, 2.05) is 13.0 Å². The largest absolute Gasteiger partial charge is 0.506 e. The zero-order valence-corrected chi connectivity index (χ0v) is 19.4. The van der Waals surface area contributed by atoms with E-state index in [0.29, 0.717) is 23.6 Å². The first kappa shape index (κ1) is 24.5. The first-order valence-corrected chi connectivity index (χ1v) is 10.9. The molecule has 0 unspecified atom stereocenters. The number of benzene rings is 3. The van der Waals surface area contributed by atoms with Crippen LogP contribution >= 0.6 is 0 Å². The molecule has 0 heterocycles. The quantitative estimate of drug-likeness (QED) is 0.209. The molecule has 0 spiro atoms. The molecule has 0 atom stereocenters. The van der Waals surface area contributed by atoms with E-state index >= 15 is 0 Å². The van der Waals surface area contributed by atoms with Gasteiger partial charge in [-0.3, -0.25) is 4.79 Å². The Hall–Kier alpha value is -4.13. The van der Waals surface area contributed by atoms with E-state index in [4.69, 9.17) is 4.74 Å². The van der Waals surface area contributed by atoms with Crippen LogP contribution in [0.25, 0.3) is 11.1 Å². The Labute approximate surface area is 198 Å². The van der Waals surface area contributed by atoms with Crippen LogP contribution < -0.4 is 15.4 Å². The van der Waals surface area contributed by atoms with Crippen LogP contribution in [-0.4, -0.2) is 29.8 Å². The number of nitrogens with one attached hydrogen (secondary N) is 2. The van der Waals surface area contributed by atoms with Crippen molar-refractivity contribution in [2.75, 3.05) is 17.2 Å². The molecule has 7 heteroatoms. The molecule has 0 aliphatic heterocycles. The SMILES string of the molecule is CCOc1ccccc1NC(=O)Nc1ccc(-c2ccc(C(=O)CC(C)(C)C=O)cc2)cc1O. The van der Waals surface area contributed by atoms with Crippen molar-refractivity contribution < 1.29 is 24.2 Å². The number of urea groups is 1. The van der Waals surface area contributed by atoms with E-state index in [2.05, 4.69) is 10.6 Å². The Balaban J connectivity index is 1.69. The van der Waals surface area contributed by atoms with Gasteiger partial charge in [0, 0.05) is 17.4 Å². The molecule has 0 bridgehead atoms. The van der Waals surface area contributed by atoms with Crippen LogP contribution in [0.1, 0.15) is 37.6 Å². The van der Waals surface area contributed by atoms with E-state index in [-0.39, 0.29) is 23.6 Å². The molecule has 7 nitrogen and oxygen atoms in total. The number of aromatic hydroxyl groups is 1. The topological polar surface area (TPSA) is 105 Å². The molecule has 0 radical (unpaired) electrons. The van der Waals surface area contributed by atoms with Gasteiger partial charge in [0.05, 0.1) is 18.0 Å². The highest BCUT2D eigenvalue weighted by molar-refractivity contribution is 6.02. The fourth-order valence-electron chi connectivity index (χ4n) is 3.35. The molecule has 0 saturated carbocycles. The normalized spacial score (nSPS) is 10.9. The minimum absolute atomic E-state index is 0.0985. The van der Waals surface area contributed by atoms with E-state index in [1.165, 1.54) is 6.07 Å². The van der Waals surface area contributed by atoms with Crippen molar-refractivity contribution in [2.45, 2.75) is 27.2 Å². The highest BCUT2D eigenvalue weighted by atomic mass is 16.5. The third kappa shape index (κ3) is 6.22. The van der Waals surface area contributed by atoms with Crippen LogP contribution in [-0.2, 0) is 4.79 Å². The number of carbonyl (C=O) groups excluding carboxylic acids is 3. The molecule has 0 aliphatic carbocycles. The van der Waals surface area contributed by atoms with Gasteiger partial charge in [-0.2, -0.15) is 0 Å². The fourth-order valence-corrected chi connectivity index (χ4v) is 3.35. The second-order valence-corrected chi connectivity index (χ2v) is 8.52. The summed E-state index contributed by atoms with van der Waals surface area (Å²) in [6.45, 7) is 5.77. The Bertz CT molecular complexity index is 1190. The number of hydrogen-bond acceptors (Lipinski definition) is 5. The predicted octanol–water partition coefficient (Wildman–Crippen LogP) is 5.90. The van der Waals surface area contributed by atoms with E-state index < -0.39 is 11.4 Å². The average Bonchev–Trinajstić information content (AvgIpc) is 2.81. The van der Waals surface area contributed by atoms with Crippen molar-refractivity contribution in [1.29, 1.82) is 0 Å². The van der Waals surface area contributed by atoms with Crippen molar-refractivity contribution in [1.82, 2.24) is 0 Å². The number of rotatable bonds is 9. The van der Waals surface area contributed by atoms with Crippen molar-refractivity contribution in [3.05, 3.63) is 72.3 Å². The summed E-state index contributed by atoms with van der Waals surface area (Å²) in [6, 6.07) is 18.4. The molecule has 3 aromatic carbocycles. The van der Waals surface area contributed by atoms with Gasteiger partial charge >= 0.3 is 6.03 Å². The molecule has 3 aromatic rings. The van der Waals surface area contributed by atoms with Gasteiger partial charge in [-0.25, -0.2) is 4.79 Å². The zero-order chi connectivity index (χ0) is 24.7. The summed E-state index contributed by atoms with van der Waals surface area (Å²) < 4.78 is 5.50. The third-order valence-electron chi connectivity index (χ3n) is 5.16. The Morgan fingerprint density at radius 1 is 0.941 bits per heavy atom. The molecule has 0 fully saturated rings. The van der Waals surface area contributed by atoms with Gasteiger partial charge in [-0.1, -0.05) is 56.3 Å². The van der Waals surface area contributed by atoms with Gasteiger partial charge in [0.25, 0.3) is 0 Å². The number of phenolic OH excluding ortho intramolecular Hbond substituents is 1. The number of ether oxygens (including phenoxy) is 1. The minimum atomic E-state index is -0.707. The average molecular weight is 461 g/mol. The van der Waals surface area contributed by atoms with Crippen LogP contribution in [0.3, 0.4) is 0 Å². The number of hydrogen-bond donors (Lipinski definition) is 3. The maximum atomic E-state index is 12.4. The number of para-hydroxylation sites is 2. The number of Topliss-reactive ketones (excluding diaryl/α,β-unsaturated/α-hetero) is 1. The first-order valence-electron chi connectivity index (χ1n) is 10.9. The molecular weight excluding hydrogens is 432 g/mol. The second kappa shape index (κ2) is 10.7. The van der Waals surface area contributed by atoms with Gasteiger partial charge in [-0.05, 0) is 42.3 Å². The number of aldehydes is 1. The zero-order valence-electron chi connectivity index (χ0n) is 19.4. The molecule has 0 aliphatic rings. The number of anilines is 2. The molecule has 34 heavy (non-hydrogen) atoms. The predicted molar refractivity (Wildman–Crippen MR) is 133 cm³/mol. The second-order valence-electron chi connectivity index (χ2n) is 8.52. The van der Waals surface area contributed by atoms with Crippen LogP contribution in [0.2, 0.25) is 0 Å². The molecule has 0 aromatic heterocycles. The maximum absolute atomic E-state index is 12.4. The summed E-state index contributed by atoms with van der Waals surface area (Å²) in [5.74, 6) is 0.345. The number of amides is 2. The lowest BCUT2D eigenvalue weighted by Crippen LogP contribution is -2.20. The molecule has 176 valence electrons. The van der Waals surface area contributed by atoms with Crippen molar-refractivity contribution >= 4 is 29.5 Å². The monoisotopic (exact) mass is 460 g/mol. The number of phenols is 1. The molecular formula is C27H28N2O5. The minimum Gasteiger partial charge on any atom is -0.506 e. The lowest BCUT2D eigenvalue weighted by Gasteiger charge is -2.15. The lowest BCUT2D eigenvalue weighted by atomic mass is 9.87. The third-order valence-corrected chi connectivity index (χ3v) is 5.16. The molecule has 3 rings (SSSR count). The van der Waals surface area contributed by atoms with Gasteiger partial charge in [0.2, 0.25) is 0 Å². The van der Waals surface area contributed by atoms with E-state index in [9.17, 15) is 19.5 Å². The number of carbonyl (C=O) groups is 3. The van der Waals surface area contributed by atoms with Gasteiger partial charge in [0.15, 0.2) is 5.78 Å². The molecule has 2 amide bonds. The van der Waals surface area contributed by atoms with Crippen LogP contribution in [0.15, 0.2) is 66.7 Å². The Morgan fingerprint density at radius 3 is 2.24 bits per heavy atom. The van der Waals surface area contributed by atoms with Crippen LogP contribution in [0, 0.1) is 5.41 Å². The first-order chi connectivity index (χ1) is 16.2. The Kier molecular flexibility index (Phi) is 7.68. The van der Waals surface area contributed by atoms with Crippen molar-refractivity contribution in [3.63, 3.8) is 0 Å². The Morgan fingerprint density at radius 2 is 1.59 bits per heavy atom. The van der Waals surface area contributed by atoms with Gasteiger partial charge in [0.1, 0.15) is 17.8 Å². The standard InChI is InChI=1S/C27H28N2O5/c1-4-34-25-8-6-5-7-22(25)29-26(33)28-21-14-13-20(15-23(21)31)18-9-11-19(12-10-18)24(32)16-27(2,3)17-30/h5-15,17,31H,4,16H2,1-3H3,(H2,28,29,33). The lowest BCUT2D eigenvalue weighted by molar-refractivity contribution is -0.114. The summed E-state index contributed by atoms with van der Waals surface area (Å²) >= 11 is 0. The molecule has 0 saturated heterocycles. The maximum Gasteiger partial charge on any atom is 0.323 e. The molecule has 3 N–H and O–H groups in total. The summed E-state index contributed by atoms with van der Waals surface area (Å²) in [4.78, 5) is 35.9. The fraction of sp³-hybridized carbons (Fsp3) is 0.222. The van der Waals surface area contributed by atoms with E-state index in [1.54, 1.807) is 68.4 Å². The summed E-state index contributed by atoms with van der Waals surface area (Å²) in [5, 5.41) is 15.8. The van der Waals surface area contributed by atoms with Crippen molar-refractivity contribution in [3.8, 4) is 22.6 Å². The summed E-state index contributed by atoms with van der Waals surface area (Å²) in [5.41, 5.74) is 2.09. The highest BCUT2D eigenvalue weighted by Crippen LogP contribution is 2.31. The van der Waals surface area contributed by atoms with Gasteiger partial charge < -0.3 is 25.3 Å². The van der Waals surface area contributed by atoms with Crippen LogP contribution in [0.4, 0.5) is 16.2 Å². The van der Waals surface area contributed by atoms with Crippen LogP contribution in [0.5, 0.6) is 11.5 Å². The van der Waals surface area contributed by atoms with Crippen molar-refractivity contribution in [2.24, 2.45) is 5.41 Å². The van der Waals surface area contributed by atoms with E-state index in [0.717, 1.165) is 17.4 Å². The highest BCUT2D eigenvalue weighted by Gasteiger charge is 2.22. The summed E-state index contributed by atoms with van der Waals surface area (Å²) in [7, 11) is 0. The van der Waals surface area contributed by atoms with Gasteiger partial charge in [-0.15, -0.1) is 0 Å². The number of ketones is 1. The smallest absolute Gasteiger partial charge is 0.323 e. The summed E-state index contributed by atoms with van der Waals surface area (Å²) in [6.07, 6.45) is 0.920.